The summed E-state index contributed by atoms with van der Waals surface area (Å²) in [5.41, 5.74) is 0. The monoisotopic (exact) mass is 148 g/mol. The Morgan fingerprint density at radius 1 is 1.30 bits per heavy atom. The fraction of sp³-hybridized carbons (Fsp3) is 1.00. The number of ether oxygens (including phenoxy) is 1. The van der Waals surface area contributed by atoms with Crippen LogP contribution in [0.25, 0.3) is 0 Å². The van der Waals surface area contributed by atoms with Gasteiger partial charge in [0.2, 0.25) is 0 Å². The second kappa shape index (κ2) is 2.84. The highest BCUT2D eigenvalue weighted by molar-refractivity contribution is 4.87. The van der Waals surface area contributed by atoms with Crippen molar-refractivity contribution in [1.82, 2.24) is 0 Å². The zero-order chi connectivity index (χ0) is 7.72. The van der Waals surface area contributed by atoms with E-state index in [-0.39, 0.29) is 12.7 Å². The standard InChI is InChI=1S/C6H12O4/c1-3-5(8)6(9)4(2-7)10-3/h3-9H,2H2,1H3/t3-,4+,5+,6?/m1/s1. The smallest absolute Gasteiger partial charge is 0.111 e. The van der Waals surface area contributed by atoms with E-state index in [9.17, 15) is 0 Å². The minimum absolute atomic E-state index is 0.247. The maximum absolute atomic E-state index is 9.09. The summed E-state index contributed by atoms with van der Waals surface area (Å²) in [6.07, 6.45) is -2.81. The Hall–Kier alpha value is -0.160. The highest BCUT2D eigenvalue weighted by Gasteiger charge is 2.39. The van der Waals surface area contributed by atoms with Gasteiger partial charge in [0.15, 0.2) is 0 Å². The van der Waals surface area contributed by atoms with Crippen molar-refractivity contribution < 1.29 is 20.1 Å². The number of hydrogen-bond donors (Lipinski definition) is 3. The third-order valence-corrected chi connectivity index (χ3v) is 1.78. The summed E-state index contributed by atoms with van der Waals surface area (Å²) in [5, 5.41) is 26.8. The third-order valence-electron chi connectivity index (χ3n) is 1.78. The van der Waals surface area contributed by atoms with Crippen molar-refractivity contribution in [2.75, 3.05) is 6.61 Å². The summed E-state index contributed by atoms with van der Waals surface area (Å²) < 4.78 is 4.98. The van der Waals surface area contributed by atoms with Gasteiger partial charge in [0.25, 0.3) is 0 Å². The first-order chi connectivity index (χ1) is 4.66. The SMILES string of the molecule is C[C@H]1O[C@@H](CO)C(O)[C@H]1O. The maximum atomic E-state index is 9.09. The van der Waals surface area contributed by atoms with Gasteiger partial charge < -0.3 is 20.1 Å². The largest absolute Gasteiger partial charge is 0.394 e. The summed E-state index contributed by atoms with van der Waals surface area (Å²) in [5.74, 6) is 0. The van der Waals surface area contributed by atoms with Crippen LogP contribution in [0.5, 0.6) is 0 Å². The summed E-state index contributed by atoms with van der Waals surface area (Å²) >= 11 is 0. The zero-order valence-electron chi connectivity index (χ0n) is 5.77. The van der Waals surface area contributed by atoms with E-state index in [4.69, 9.17) is 20.1 Å². The fourth-order valence-electron chi connectivity index (χ4n) is 1.09. The summed E-state index contributed by atoms with van der Waals surface area (Å²) in [4.78, 5) is 0. The Kier molecular flexibility index (Phi) is 2.25. The van der Waals surface area contributed by atoms with Gasteiger partial charge in [-0.3, -0.25) is 0 Å². The molecule has 1 aliphatic heterocycles. The molecule has 0 aromatic carbocycles. The minimum atomic E-state index is -0.944. The highest BCUT2D eigenvalue weighted by atomic mass is 16.5. The second-order valence-corrected chi connectivity index (χ2v) is 2.54. The van der Waals surface area contributed by atoms with Gasteiger partial charge in [-0.25, -0.2) is 0 Å². The topological polar surface area (TPSA) is 69.9 Å². The predicted octanol–water partition coefficient (Wildman–Crippen LogP) is -1.51. The van der Waals surface area contributed by atoms with Gasteiger partial charge >= 0.3 is 0 Å². The van der Waals surface area contributed by atoms with Crippen molar-refractivity contribution in [3.63, 3.8) is 0 Å². The van der Waals surface area contributed by atoms with Crippen LogP contribution in [0.3, 0.4) is 0 Å². The molecule has 0 spiro atoms. The normalized spacial score (nSPS) is 48.0. The lowest BCUT2D eigenvalue weighted by molar-refractivity contribution is -0.0171. The molecule has 0 saturated carbocycles. The van der Waals surface area contributed by atoms with Crippen molar-refractivity contribution in [2.24, 2.45) is 0 Å². The van der Waals surface area contributed by atoms with Crippen LogP contribution in [-0.4, -0.2) is 46.3 Å². The molecule has 0 amide bonds. The molecule has 0 aromatic rings. The van der Waals surface area contributed by atoms with E-state index in [2.05, 4.69) is 0 Å². The van der Waals surface area contributed by atoms with Gasteiger partial charge in [0.1, 0.15) is 18.3 Å². The van der Waals surface area contributed by atoms with E-state index in [1.807, 2.05) is 0 Å². The van der Waals surface area contributed by atoms with E-state index in [1.165, 1.54) is 0 Å². The Bertz CT molecular complexity index is 116. The van der Waals surface area contributed by atoms with Gasteiger partial charge in [-0.1, -0.05) is 0 Å². The molecule has 0 aliphatic carbocycles. The van der Waals surface area contributed by atoms with E-state index >= 15 is 0 Å². The van der Waals surface area contributed by atoms with E-state index in [0.29, 0.717) is 0 Å². The minimum Gasteiger partial charge on any atom is -0.394 e. The second-order valence-electron chi connectivity index (χ2n) is 2.54. The fourth-order valence-corrected chi connectivity index (χ4v) is 1.09. The van der Waals surface area contributed by atoms with Crippen LogP contribution in [0.4, 0.5) is 0 Å². The van der Waals surface area contributed by atoms with Crippen LogP contribution < -0.4 is 0 Å². The molecule has 60 valence electrons. The average Bonchev–Trinajstić information content (AvgIpc) is 2.17. The zero-order valence-corrected chi connectivity index (χ0v) is 5.77. The first-order valence-electron chi connectivity index (χ1n) is 3.29. The molecule has 0 bridgehead atoms. The molecular weight excluding hydrogens is 136 g/mol. The molecule has 1 saturated heterocycles. The lowest BCUT2D eigenvalue weighted by Crippen LogP contribution is -2.33. The molecule has 10 heavy (non-hydrogen) atoms. The Morgan fingerprint density at radius 3 is 2.10 bits per heavy atom. The van der Waals surface area contributed by atoms with E-state index < -0.39 is 18.3 Å². The summed E-state index contributed by atoms with van der Waals surface area (Å²) in [7, 11) is 0. The van der Waals surface area contributed by atoms with Crippen LogP contribution in [-0.2, 0) is 4.74 Å². The molecule has 0 radical (unpaired) electrons. The molecule has 1 aliphatic rings. The van der Waals surface area contributed by atoms with Crippen LogP contribution in [0.1, 0.15) is 6.92 Å². The number of aliphatic hydroxyl groups is 3. The molecule has 4 heteroatoms. The third kappa shape index (κ3) is 1.15. The number of rotatable bonds is 1. The average molecular weight is 148 g/mol. The molecule has 4 nitrogen and oxygen atoms in total. The molecule has 1 unspecified atom stereocenters. The molecule has 4 atom stereocenters. The lowest BCUT2D eigenvalue weighted by Gasteiger charge is -2.10. The van der Waals surface area contributed by atoms with Gasteiger partial charge in [-0.05, 0) is 6.92 Å². The molecule has 3 N–H and O–H groups in total. The summed E-state index contributed by atoms with van der Waals surface area (Å²) in [6.45, 7) is 1.41. The maximum Gasteiger partial charge on any atom is 0.111 e. The number of hydrogen-bond acceptors (Lipinski definition) is 4. The summed E-state index contributed by atoms with van der Waals surface area (Å²) in [6, 6.07) is 0. The van der Waals surface area contributed by atoms with Crippen LogP contribution in [0.15, 0.2) is 0 Å². The van der Waals surface area contributed by atoms with Gasteiger partial charge in [-0.2, -0.15) is 0 Å². The Labute approximate surface area is 59.1 Å². The van der Waals surface area contributed by atoms with Gasteiger partial charge in [0, 0.05) is 0 Å². The van der Waals surface area contributed by atoms with E-state index in [0.717, 1.165) is 0 Å². The van der Waals surface area contributed by atoms with Crippen molar-refractivity contribution >= 4 is 0 Å². The van der Waals surface area contributed by atoms with Crippen molar-refractivity contribution in [1.29, 1.82) is 0 Å². The molecule has 0 aromatic heterocycles. The van der Waals surface area contributed by atoms with Crippen molar-refractivity contribution in [2.45, 2.75) is 31.3 Å². The number of aliphatic hydroxyl groups excluding tert-OH is 3. The Morgan fingerprint density at radius 2 is 1.90 bits per heavy atom. The van der Waals surface area contributed by atoms with Crippen molar-refractivity contribution in [3.8, 4) is 0 Å². The molecule has 1 fully saturated rings. The highest BCUT2D eigenvalue weighted by Crippen LogP contribution is 2.19. The van der Waals surface area contributed by atoms with Crippen LogP contribution in [0, 0.1) is 0 Å². The van der Waals surface area contributed by atoms with Crippen LogP contribution >= 0.6 is 0 Å². The molecule has 1 heterocycles. The van der Waals surface area contributed by atoms with Gasteiger partial charge in [0.05, 0.1) is 12.7 Å². The van der Waals surface area contributed by atoms with Crippen LogP contribution in [0.2, 0.25) is 0 Å². The van der Waals surface area contributed by atoms with Gasteiger partial charge in [-0.15, -0.1) is 0 Å². The first-order valence-corrected chi connectivity index (χ1v) is 3.29. The van der Waals surface area contributed by atoms with E-state index in [1.54, 1.807) is 6.92 Å². The first kappa shape index (κ1) is 7.94. The predicted molar refractivity (Wildman–Crippen MR) is 33.4 cm³/mol. The quantitative estimate of drug-likeness (QED) is 0.422. The lowest BCUT2D eigenvalue weighted by atomic mass is 10.1. The molecule has 1 rings (SSSR count). The molecular formula is C6H12O4. The van der Waals surface area contributed by atoms with Crippen molar-refractivity contribution in [3.05, 3.63) is 0 Å². The Balaban J connectivity index is 2.53.